The molecule has 7 heteroatoms. The number of ether oxygens (including phenoxy) is 1. The van der Waals surface area contributed by atoms with Crippen molar-refractivity contribution in [3.05, 3.63) is 29.3 Å². The van der Waals surface area contributed by atoms with E-state index in [1.807, 2.05) is 13.8 Å². The minimum absolute atomic E-state index is 0.0773. The molecule has 1 aromatic carbocycles. The molecule has 0 aliphatic carbocycles. The Bertz CT molecular complexity index is 629. The first-order valence-corrected chi connectivity index (χ1v) is 9.07. The van der Waals surface area contributed by atoms with Gasteiger partial charge in [0.15, 0.2) is 0 Å². The molecule has 0 unspecified atom stereocenters. The summed E-state index contributed by atoms with van der Waals surface area (Å²) in [6.45, 7) is 6.92. The summed E-state index contributed by atoms with van der Waals surface area (Å²) < 4.78 is 32.1. The van der Waals surface area contributed by atoms with Crippen LogP contribution in [0, 0.1) is 13.8 Å². The second-order valence-corrected chi connectivity index (χ2v) is 7.26. The van der Waals surface area contributed by atoms with Crippen LogP contribution in [-0.4, -0.2) is 52.6 Å². The molecule has 130 valence electrons. The van der Waals surface area contributed by atoms with Gasteiger partial charge in [-0.15, -0.1) is 0 Å². The minimum Gasteiger partial charge on any atom is -0.385 e. The van der Waals surface area contributed by atoms with Crippen molar-refractivity contribution < 1.29 is 17.9 Å². The summed E-state index contributed by atoms with van der Waals surface area (Å²) in [5, 5.41) is 0. The van der Waals surface area contributed by atoms with E-state index < -0.39 is 10.0 Å². The van der Waals surface area contributed by atoms with Crippen LogP contribution in [-0.2, 0) is 19.6 Å². The highest BCUT2D eigenvalue weighted by molar-refractivity contribution is 7.89. The predicted octanol–water partition coefficient (Wildman–Crippen LogP) is 1.47. The van der Waals surface area contributed by atoms with Crippen LogP contribution in [0.5, 0.6) is 0 Å². The van der Waals surface area contributed by atoms with Crippen LogP contribution in [0.1, 0.15) is 24.5 Å². The van der Waals surface area contributed by atoms with Gasteiger partial charge in [0.1, 0.15) is 0 Å². The van der Waals surface area contributed by atoms with Crippen molar-refractivity contribution in [2.24, 2.45) is 0 Å². The van der Waals surface area contributed by atoms with E-state index >= 15 is 0 Å². The number of aryl methyl sites for hydroxylation is 2. The summed E-state index contributed by atoms with van der Waals surface area (Å²) in [5.41, 5.74) is 1.97. The fraction of sp³-hybridized carbons (Fsp3) is 0.562. The molecular weight excluding hydrogens is 316 g/mol. The normalized spacial score (nSPS) is 11.5. The Morgan fingerprint density at radius 1 is 1.22 bits per heavy atom. The molecule has 0 saturated carbocycles. The Balaban J connectivity index is 2.60. The Morgan fingerprint density at radius 2 is 1.91 bits per heavy atom. The van der Waals surface area contributed by atoms with Gasteiger partial charge in [-0.25, -0.2) is 13.1 Å². The van der Waals surface area contributed by atoms with Crippen LogP contribution < -0.4 is 4.72 Å². The fourth-order valence-corrected chi connectivity index (χ4v) is 3.21. The molecule has 0 heterocycles. The van der Waals surface area contributed by atoms with Crippen molar-refractivity contribution in [2.45, 2.75) is 32.1 Å². The number of amides is 1. The van der Waals surface area contributed by atoms with Crippen molar-refractivity contribution in [3.8, 4) is 0 Å². The smallest absolute Gasteiger partial charge is 0.240 e. The van der Waals surface area contributed by atoms with E-state index in [9.17, 15) is 13.2 Å². The molecule has 1 N–H and O–H groups in total. The molecule has 23 heavy (non-hydrogen) atoms. The number of rotatable bonds is 9. The quantitative estimate of drug-likeness (QED) is 0.690. The van der Waals surface area contributed by atoms with Gasteiger partial charge < -0.3 is 9.64 Å². The first kappa shape index (κ1) is 19.6. The number of hydrogen-bond donors (Lipinski definition) is 1. The second-order valence-electron chi connectivity index (χ2n) is 5.50. The van der Waals surface area contributed by atoms with Crippen molar-refractivity contribution in [1.82, 2.24) is 9.62 Å². The maximum Gasteiger partial charge on any atom is 0.240 e. The van der Waals surface area contributed by atoms with E-state index in [4.69, 9.17) is 4.74 Å². The number of benzene rings is 1. The van der Waals surface area contributed by atoms with Gasteiger partial charge in [0.2, 0.25) is 15.9 Å². The van der Waals surface area contributed by atoms with Gasteiger partial charge in [-0.1, -0.05) is 6.07 Å². The number of carbonyl (C=O) groups excluding carboxylic acids is 1. The SMILES string of the molecule is COCCCN(CCNS(=O)(=O)c1ccc(C)c(C)c1)C(C)=O. The summed E-state index contributed by atoms with van der Waals surface area (Å²) in [5.74, 6) is -0.0773. The number of carbonyl (C=O) groups is 1. The highest BCUT2D eigenvalue weighted by Gasteiger charge is 2.15. The third-order valence-corrected chi connectivity index (χ3v) is 5.14. The third kappa shape index (κ3) is 6.29. The second kappa shape index (κ2) is 9.00. The Labute approximate surface area is 138 Å². The zero-order valence-electron chi connectivity index (χ0n) is 14.3. The number of sulfonamides is 1. The number of hydrogen-bond acceptors (Lipinski definition) is 4. The lowest BCUT2D eigenvalue weighted by atomic mass is 10.1. The number of methoxy groups -OCH3 is 1. The highest BCUT2D eigenvalue weighted by atomic mass is 32.2. The molecule has 0 radical (unpaired) electrons. The van der Waals surface area contributed by atoms with Gasteiger partial charge in [-0.3, -0.25) is 4.79 Å². The van der Waals surface area contributed by atoms with Crippen LogP contribution >= 0.6 is 0 Å². The molecule has 0 atom stereocenters. The van der Waals surface area contributed by atoms with Crippen molar-refractivity contribution in [1.29, 1.82) is 0 Å². The first-order chi connectivity index (χ1) is 10.8. The molecule has 0 bridgehead atoms. The predicted molar refractivity (Wildman–Crippen MR) is 89.9 cm³/mol. The first-order valence-electron chi connectivity index (χ1n) is 7.59. The largest absolute Gasteiger partial charge is 0.385 e. The average Bonchev–Trinajstić information content (AvgIpc) is 2.48. The number of nitrogens with zero attached hydrogens (tertiary/aromatic N) is 1. The van der Waals surface area contributed by atoms with Gasteiger partial charge >= 0.3 is 0 Å². The zero-order chi connectivity index (χ0) is 17.5. The lowest BCUT2D eigenvalue weighted by molar-refractivity contribution is -0.128. The molecule has 1 amide bonds. The average molecular weight is 342 g/mol. The molecule has 6 nitrogen and oxygen atoms in total. The van der Waals surface area contributed by atoms with E-state index in [2.05, 4.69) is 4.72 Å². The Kier molecular flexibility index (Phi) is 7.67. The summed E-state index contributed by atoms with van der Waals surface area (Å²) in [6, 6.07) is 5.03. The molecule has 1 rings (SSSR count). The van der Waals surface area contributed by atoms with Gasteiger partial charge in [0, 0.05) is 40.3 Å². The van der Waals surface area contributed by atoms with Gasteiger partial charge in [-0.2, -0.15) is 0 Å². The molecule has 0 aliphatic rings. The van der Waals surface area contributed by atoms with E-state index in [1.54, 1.807) is 30.2 Å². The zero-order valence-corrected chi connectivity index (χ0v) is 15.1. The van der Waals surface area contributed by atoms with Crippen LogP contribution in [0.15, 0.2) is 23.1 Å². The Hall–Kier alpha value is -1.44. The van der Waals surface area contributed by atoms with Gasteiger partial charge in [0.25, 0.3) is 0 Å². The lowest BCUT2D eigenvalue weighted by Crippen LogP contribution is -2.38. The topological polar surface area (TPSA) is 75.7 Å². The standard InChI is InChI=1S/C16H26N2O4S/c1-13-6-7-16(12-14(13)2)23(20,21)17-8-10-18(15(3)19)9-5-11-22-4/h6-7,12,17H,5,8-11H2,1-4H3. The Morgan fingerprint density at radius 3 is 2.48 bits per heavy atom. The monoisotopic (exact) mass is 342 g/mol. The van der Waals surface area contributed by atoms with E-state index in [-0.39, 0.29) is 17.3 Å². The van der Waals surface area contributed by atoms with Crippen molar-refractivity contribution in [3.63, 3.8) is 0 Å². The van der Waals surface area contributed by atoms with Crippen molar-refractivity contribution >= 4 is 15.9 Å². The summed E-state index contributed by atoms with van der Waals surface area (Å²) >= 11 is 0. The van der Waals surface area contributed by atoms with Crippen LogP contribution in [0.25, 0.3) is 0 Å². The molecule has 0 spiro atoms. The fourth-order valence-electron chi connectivity index (χ4n) is 2.11. The van der Waals surface area contributed by atoms with Gasteiger partial charge in [0.05, 0.1) is 4.90 Å². The number of nitrogens with one attached hydrogen (secondary N) is 1. The maximum atomic E-state index is 12.3. The van der Waals surface area contributed by atoms with E-state index in [1.165, 1.54) is 6.92 Å². The van der Waals surface area contributed by atoms with Crippen LogP contribution in [0.4, 0.5) is 0 Å². The van der Waals surface area contributed by atoms with Crippen molar-refractivity contribution in [2.75, 3.05) is 33.4 Å². The molecule has 1 aromatic rings. The van der Waals surface area contributed by atoms with Gasteiger partial charge in [-0.05, 0) is 43.5 Å². The lowest BCUT2D eigenvalue weighted by Gasteiger charge is -2.21. The maximum absolute atomic E-state index is 12.3. The van der Waals surface area contributed by atoms with Crippen LogP contribution in [0.3, 0.4) is 0 Å². The molecule has 0 fully saturated rings. The molecule has 0 aromatic heterocycles. The summed E-state index contributed by atoms with van der Waals surface area (Å²) in [7, 11) is -1.95. The molecule has 0 aliphatic heterocycles. The summed E-state index contributed by atoms with van der Waals surface area (Å²) in [4.78, 5) is 13.4. The van der Waals surface area contributed by atoms with E-state index in [0.717, 1.165) is 17.5 Å². The molecule has 0 saturated heterocycles. The van der Waals surface area contributed by atoms with E-state index in [0.29, 0.717) is 19.7 Å². The highest BCUT2D eigenvalue weighted by Crippen LogP contribution is 2.14. The third-order valence-electron chi connectivity index (χ3n) is 3.68. The minimum atomic E-state index is -3.56. The molecular formula is C16H26N2O4S. The van der Waals surface area contributed by atoms with Crippen LogP contribution in [0.2, 0.25) is 0 Å². The summed E-state index contributed by atoms with van der Waals surface area (Å²) in [6.07, 6.45) is 0.722.